The van der Waals surface area contributed by atoms with E-state index in [4.69, 9.17) is 26.3 Å². The average molecular weight is 447 g/mol. The molecule has 9 heteroatoms. The summed E-state index contributed by atoms with van der Waals surface area (Å²) >= 11 is 6.28. The Morgan fingerprint density at radius 3 is 2.87 bits per heavy atom. The van der Waals surface area contributed by atoms with E-state index in [-0.39, 0.29) is 11.8 Å². The highest BCUT2D eigenvalue weighted by Gasteiger charge is 2.35. The fraction of sp³-hybridized carbons (Fsp3) is 0.476. The Bertz CT molecular complexity index is 1140. The number of hydrogen-bond acceptors (Lipinski definition) is 7. The van der Waals surface area contributed by atoms with E-state index >= 15 is 0 Å². The van der Waals surface area contributed by atoms with Gasteiger partial charge in [0, 0.05) is 30.2 Å². The Morgan fingerprint density at radius 1 is 1.23 bits per heavy atom. The van der Waals surface area contributed by atoms with Gasteiger partial charge in [-0.25, -0.2) is 23.4 Å². The predicted molar refractivity (Wildman–Crippen MR) is 116 cm³/mol. The topological polar surface area (TPSA) is 85.3 Å². The Balaban J connectivity index is 1.69. The number of anilines is 1. The van der Waals surface area contributed by atoms with Gasteiger partial charge in [0.05, 0.1) is 36.4 Å². The van der Waals surface area contributed by atoms with Crippen LogP contribution in [0.15, 0.2) is 18.2 Å². The first-order valence-electron chi connectivity index (χ1n) is 10.2. The third-order valence-electron chi connectivity index (χ3n) is 6.00. The molecule has 2 aromatic heterocycles. The third kappa shape index (κ3) is 3.50. The fourth-order valence-electron chi connectivity index (χ4n) is 4.46. The minimum absolute atomic E-state index is 0.140. The molecule has 0 radical (unpaired) electrons. The highest BCUT2D eigenvalue weighted by Crippen LogP contribution is 2.38. The number of halogens is 1. The molecule has 158 valence electrons. The molecular weight excluding hydrogens is 424 g/mol. The summed E-state index contributed by atoms with van der Waals surface area (Å²) < 4.78 is 30.9. The van der Waals surface area contributed by atoms with Crippen LogP contribution in [0, 0.1) is 0 Å². The molecule has 4 heterocycles. The van der Waals surface area contributed by atoms with Gasteiger partial charge in [0.25, 0.3) is 0 Å². The maximum atomic E-state index is 12.7. The maximum Gasteiger partial charge on any atom is 0.162 e. The van der Waals surface area contributed by atoms with Crippen molar-refractivity contribution in [3.63, 3.8) is 0 Å². The van der Waals surface area contributed by atoms with Crippen molar-refractivity contribution >= 4 is 33.3 Å². The van der Waals surface area contributed by atoms with Gasteiger partial charge in [0.15, 0.2) is 15.7 Å². The minimum Gasteiger partial charge on any atom is -0.377 e. The highest BCUT2D eigenvalue weighted by atomic mass is 35.5. The Kier molecular flexibility index (Phi) is 5.03. The quantitative estimate of drug-likeness (QED) is 0.669. The molecular formula is C21H23ClN4O3S. The molecule has 2 aromatic rings. The van der Waals surface area contributed by atoms with Crippen molar-refractivity contribution in [3.05, 3.63) is 40.3 Å². The summed E-state index contributed by atoms with van der Waals surface area (Å²) in [6.45, 7) is 4.00. The molecule has 7 nitrogen and oxygen atoms in total. The van der Waals surface area contributed by atoms with Crippen LogP contribution in [-0.2, 0) is 21.0 Å². The summed E-state index contributed by atoms with van der Waals surface area (Å²) in [6.07, 6.45) is 6.01. The van der Waals surface area contributed by atoms with Crippen molar-refractivity contribution in [3.8, 4) is 11.4 Å². The molecule has 2 atom stereocenters. The standard InChI is InChI=1S/C21H23ClN4O3S/c1-13-12-29-8-7-26(13)20-11-17(18-6-3-9-30(18,27)28)24-21(25-20)15-10-19(22)23-16-5-2-4-14(15)16/h2,4,10-11,13,18H,3,5-9,12H2,1H3/t13-,18-/m1/s1. The average Bonchev–Trinajstić information content (AvgIpc) is 3.32. The van der Waals surface area contributed by atoms with Crippen LogP contribution in [0.4, 0.5) is 5.82 Å². The van der Waals surface area contributed by atoms with Gasteiger partial charge in [-0.05, 0) is 25.8 Å². The van der Waals surface area contributed by atoms with Crippen LogP contribution in [-0.4, -0.2) is 54.9 Å². The minimum atomic E-state index is -3.21. The molecule has 2 aliphatic heterocycles. The van der Waals surface area contributed by atoms with Crippen LogP contribution < -0.4 is 4.90 Å². The molecule has 3 aliphatic rings. The maximum absolute atomic E-state index is 12.7. The number of nitrogens with zero attached hydrogens (tertiary/aromatic N) is 4. The first kappa shape index (κ1) is 19.9. The van der Waals surface area contributed by atoms with Crippen LogP contribution in [0.25, 0.3) is 17.5 Å². The van der Waals surface area contributed by atoms with Gasteiger partial charge < -0.3 is 9.64 Å². The van der Waals surface area contributed by atoms with Crippen LogP contribution in [0.1, 0.15) is 42.0 Å². The molecule has 0 saturated carbocycles. The monoisotopic (exact) mass is 446 g/mol. The van der Waals surface area contributed by atoms with Crippen molar-refractivity contribution in [2.45, 2.75) is 37.5 Å². The Hall–Kier alpha value is -2.03. The van der Waals surface area contributed by atoms with Gasteiger partial charge in [-0.15, -0.1) is 0 Å². The van der Waals surface area contributed by atoms with Gasteiger partial charge in [0.2, 0.25) is 0 Å². The third-order valence-corrected chi connectivity index (χ3v) is 8.39. The number of hydrogen-bond donors (Lipinski definition) is 0. The molecule has 0 aromatic carbocycles. The van der Waals surface area contributed by atoms with Gasteiger partial charge in [-0.2, -0.15) is 0 Å². The van der Waals surface area contributed by atoms with Crippen molar-refractivity contribution in [1.29, 1.82) is 0 Å². The normalized spacial score (nSPS) is 24.9. The number of allylic oxidation sites excluding steroid dienone is 1. The zero-order valence-electron chi connectivity index (χ0n) is 16.7. The van der Waals surface area contributed by atoms with Crippen molar-refractivity contribution in [2.24, 2.45) is 0 Å². The molecule has 1 aliphatic carbocycles. The number of sulfone groups is 1. The van der Waals surface area contributed by atoms with Gasteiger partial charge in [-0.1, -0.05) is 23.8 Å². The first-order chi connectivity index (χ1) is 14.4. The van der Waals surface area contributed by atoms with E-state index in [2.05, 4.69) is 16.8 Å². The summed E-state index contributed by atoms with van der Waals surface area (Å²) in [5, 5.41) is -0.202. The van der Waals surface area contributed by atoms with Crippen molar-refractivity contribution < 1.29 is 13.2 Å². The first-order valence-corrected chi connectivity index (χ1v) is 12.3. The fourth-order valence-corrected chi connectivity index (χ4v) is 6.54. The van der Waals surface area contributed by atoms with E-state index in [1.165, 1.54) is 0 Å². The van der Waals surface area contributed by atoms with Crippen LogP contribution >= 0.6 is 11.6 Å². The summed E-state index contributed by atoms with van der Waals surface area (Å²) in [5.41, 5.74) is 3.20. The summed E-state index contributed by atoms with van der Waals surface area (Å²) in [4.78, 5) is 16.2. The molecule has 0 bridgehead atoms. The number of rotatable bonds is 3. The largest absolute Gasteiger partial charge is 0.377 e. The van der Waals surface area contributed by atoms with E-state index < -0.39 is 15.1 Å². The number of morpholine rings is 1. The lowest BCUT2D eigenvalue weighted by Crippen LogP contribution is -2.44. The van der Waals surface area contributed by atoms with E-state index in [0.717, 1.165) is 22.6 Å². The van der Waals surface area contributed by atoms with Crippen LogP contribution in [0.5, 0.6) is 0 Å². The van der Waals surface area contributed by atoms with Crippen molar-refractivity contribution in [2.75, 3.05) is 30.4 Å². The van der Waals surface area contributed by atoms with E-state index in [1.54, 1.807) is 6.07 Å². The number of fused-ring (bicyclic) bond motifs is 1. The SMILES string of the molecule is C[C@@H]1COCCN1c1cc([C@H]2CCCS2(=O)=O)nc(-c2cc(Cl)nc3c2C=CC3)n1. The second kappa shape index (κ2) is 7.59. The molecule has 0 amide bonds. The van der Waals surface area contributed by atoms with E-state index in [9.17, 15) is 8.42 Å². The predicted octanol–water partition coefficient (Wildman–Crippen LogP) is 3.24. The lowest BCUT2D eigenvalue weighted by molar-refractivity contribution is 0.0985. The molecule has 5 rings (SSSR count). The van der Waals surface area contributed by atoms with Gasteiger partial charge >= 0.3 is 0 Å². The molecule has 0 spiro atoms. The van der Waals surface area contributed by atoms with Gasteiger partial charge in [-0.3, -0.25) is 0 Å². The molecule has 30 heavy (non-hydrogen) atoms. The zero-order chi connectivity index (χ0) is 20.9. The summed E-state index contributed by atoms with van der Waals surface area (Å²) in [5.74, 6) is 1.44. The molecule has 2 fully saturated rings. The Morgan fingerprint density at radius 2 is 2.10 bits per heavy atom. The van der Waals surface area contributed by atoms with Crippen LogP contribution in [0.3, 0.4) is 0 Å². The summed E-state index contributed by atoms with van der Waals surface area (Å²) in [7, 11) is -3.21. The highest BCUT2D eigenvalue weighted by molar-refractivity contribution is 7.91. The van der Waals surface area contributed by atoms with E-state index in [0.29, 0.717) is 55.7 Å². The Labute approximate surface area is 181 Å². The number of pyridine rings is 1. The molecule has 0 unspecified atom stereocenters. The second-order valence-corrected chi connectivity index (χ2v) is 10.7. The van der Waals surface area contributed by atoms with Crippen molar-refractivity contribution in [1.82, 2.24) is 15.0 Å². The lowest BCUT2D eigenvalue weighted by Gasteiger charge is -2.34. The lowest BCUT2D eigenvalue weighted by atomic mass is 10.1. The van der Waals surface area contributed by atoms with Crippen LogP contribution in [0.2, 0.25) is 5.15 Å². The molecule has 0 N–H and O–H groups in total. The zero-order valence-corrected chi connectivity index (χ0v) is 18.3. The van der Waals surface area contributed by atoms with E-state index in [1.807, 2.05) is 18.2 Å². The number of aromatic nitrogens is 3. The smallest absolute Gasteiger partial charge is 0.162 e. The second-order valence-electron chi connectivity index (χ2n) is 8.05. The molecule has 2 saturated heterocycles. The summed E-state index contributed by atoms with van der Waals surface area (Å²) in [6, 6.07) is 3.75. The van der Waals surface area contributed by atoms with Gasteiger partial charge in [0.1, 0.15) is 16.2 Å². The number of ether oxygens (including phenoxy) is 1.